The van der Waals surface area contributed by atoms with Crippen molar-refractivity contribution in [2.45, 2.75) is 31.9 Å². The van der Waals surface area contributed by atoms with Crippen LogP contribution >= 0.6 is 0 Å². The number of hydrogen-bond donors (Lipinski definition) is 1. The van der Waals surface area contributed by atoms with Crippen LogP contribution in [0.2, 0.25) is 0 Å². The van der Waals surface area contributed by atoms with Crippen molar-refractivity contribution in [3.05, 3.63) is 101 Å². The number of benzene rings is 3. The van der Waals surface area contributed by atoms with Crippen LogP contribution in [0.15, 0.2) is 78.4 Å². The fraction of sp³-hybridized carbons (Fsp3) is 0.241. The Bertz CT molecular complexity index is 1310. The van der Waals surface area contributed by atoms with Gasteiger partial charge in [0.1, 0.15) is 23.4 Å². The number of Topliss-reactive ketones (excluding diaryl/α,β-unsaturated/α-hetero) is 1. The predicted octanol–water partition coefficient (Wildman–Crippen LogP) is 4.68. The van der Waals surface area contributed by atoms with Gasteiger partial charge >= 0.3 is 0 Å². The van der Waals surface area contributed by atoms with Gasteiger partial charge in [-0.25, -0.2) is 0 Å². The summed E-state index contributed by atoms with van der Waals surface area (Å²) in [6.45, 7) is 2.32. The van der Waals surface area contributed by atoms with Crippen LogP contribution in [0.3, 0.4) is 0 Å². The zero-order chi connectivity index (χ0) is 24.5. The van der Waals surface area contributed by atoms with E-state index in [1.807, 2.05) is 55.5 Å². The summed E-state index contributed by atoms with van der Waals surface area (Å²) in [4.78, 5) is 28.1. The molecule has 2 atom stereocenters. The molecular weight excluding hydrogens is 442 g/mol. The van der Waals surface area contributed by atoms with Crippen molar-refractivity contribution in [3.63, 3.8) is 0 Å². The Labute approximate surface area is 204 Å². The molecule has 2 unspecified atom stereocenters. The zero-order valence-corrected chi connectivity index (χ0v) is 19.7. The number of aliphatic hydroxyl groups is 1. The third-order valence-electron chi connectivity index (χ3n) is 6.60. The van der Waals surface area contributed by atoms with Crippen molar-refractivity contribution in [1.82, 2.24) is 4.90 Å². The number of ether oxygens (including phenoxy) is 2. The molecular formula is C29H27NO5. The van der Waals surface area contributed by atoms with Gasteiger partial charge in [0.2, 0.25) is 0 Å². The van der Waals surface area contributed by atoms with Crippen LogP contribution in [-0.2, 0) is 22.4 Å². The Morgan fingerprint density at radius 2 is 1.86 bits per heavy atom. The SMILES string of the molecule is COc1cccc(C2C(=C(O)c3ccc4c(c3)CC(C)O4)C(=O)C(=O)N2CCc2ccccc2)c1. The third kappa shape index (κ3) is 4.28. The van der Waals surface area contributed by atoms with Crippen molar-refractivity contribution in [2.24, 2.45) is 0 Å². The van der Waals surface area contributed by atoms with Gasteiger partial charge < -0.3 is 19.5 Å². The van der Waals surface area contributed by atoms with Gasteiger partial charge in [0.15, 0.2) is 0 Å². The summed E-state index contributed by atoms with van der Waals surface area (Å²) in [5, 5.41) is 11.4. The molecule has 1 saturated heterocycles. The lowest BCUT2D eigenvalue weighted by Crippen LogP contribution is -2.31. The molecule has 2 aliphatic rings. The van der Waals surface area contributed by atoms with E-state index in [1.165, 1.54) is 0 Å². The Morgan fingerprint density at radius 1 is 1.06 bits per heavy atom. The van der Waals surface area contributed by atoms with E-state index in [1.54, 1.807) is 36.3 Å². The van der Waals surface area contributed by atoms with Crippen molar-refractivity contribution < 1.29 is 24.2 Å². The van der Waals surface area contributed by atoms with Crippen molar-refractivity contribution in [1.29, 1.82) is 0 Å². The molecule has 6 nitrogen and oxygen atoms in total. The fourth-order valence-electron chi connectivity index (χ4n) is 4.89. The van der Waals surface area contributed by atoms with Gasteiger partial charge in [-0.1, -0.05) is 42.5 Å². The number of amides is 1. The molecule has 0 saturated carbocycles. The van der Waals surface area contributed by atoms with Gasteiger partial charge in [-0.3, -0.25) is 9.59 Å². The maximum Gasteiger partial charge on any atom is 0.295 e. The van der Waals surface area contributed by atoms with Gasteiger partial charge in [0, 0.05) is 18.5 Å². The first-order chi connectivity index (χ1) is 17.0. The minimum absolute atomic E-state index is 0.0581. The third-order valence-corrected chi connectivity index (χ3v) is 6.60. The maximum atomic E-state index is 13.3. The van der Waals surface area contributed by atoms with E-state index >= 15 is 0 Å². The van der Waals surface area contributed by atoms with E-state index in [4.69, 9.17) is 9.47 Å². The summed E-state index contributed by atoms with van der Waals surface area (Å²) in [5.74, 6) is -0.0934. The molecule has 0 aliphatic carbocycles. The largest absolute Gasteiger partial charge is 0.507 e. The molecule has 1 amide bonds. The van der Waals surface area contributed by atoms with Crippen molar-refractivity contribution in [2.75, 3.05) is 13.7 Å². The molecule has 178 valence electrons. The fourth-order valence-corrected chi connectivity index (χ4v) is 4.89. The molecule has 2 heterocycles. The second-order valence-corrected chi connectivity index (χ2v) is 8.96. The molecule has 35 heavy (non-hydrogen) atoms. The number of methoxy groups -OCH3 is 1. The van der Waals surface area contributed by atoms with Crippen LogP contribution < -0.4 is 9.47 Å². The van der Waals surface area contributed by atoms with Gasteiger partial charge in [-0.15, -0.1) is 0 Å². The summed E-state index contributed by atoms with van der Waals surface area (Å²) in [5.41, 5.74) is 3.32. The van der Waals surface area contributed by atoms with E-state index in [0.717, 1.165) is 23.3 Å². The molecule has 5 rings (SSSR count). The average Bonchev–Trinajstić information content (AvgIpc) is 3.38. The van der Waals surface area contributed by atoms with E-state index in [9.17, 15) is 14.7 Å². The monoisotopic (exact) mass is 469 g/mol. The summed E-state index contributed by atoms with van der Waals surface area (Å²) >= 11 is 0. The maximum absolute atomic E-state index is 13.3. The second kappa shape index (κ2) is 9.29. The quantitative estimate of drug-likeness (QED) is 0.322. The highest BCUT2D eigenvalue weighted by Crippen LogP contribution is 2.41. The standard InChI is InChI=1S/C29H27NO5/c1-18-15-22-16-21(11-12-24(22)35-18)27(31)25-26(20-9-6-10-23(17-20)34-2)30(29(33)28(25)32)14-13-19-7-4-3-5-8-19/h3-12,16-18,26,31H,13-15H2,1-2H3. The highest BCUT2D eigenvalue weighted by Gasteiger charge is 2.46. The topological polar surface area (TPSA) is 76.1 Å². The number of likely N-dealkylation sites (tertiary alicyclic amines) is 1. The smallest absolute Gasteiger partial charge is 0.295 e. The van der Waals surface area contributed by atoms with E-state index < -0.39 is 17.7 Å². The number of hydrogen-bond acceptors (Lipinski definition) is 5. The first kappa shape index (κ1) is 22.7. The summed E-state index contributed by atoms with van der Waals surface area (Å²) in [6, 6.07) is 21.7. The molecule has 1 fully saturated rings. The first-order valence-corrected chi connectivity index (χ1v) is 11.7. The molecule has 3 aromatic carbocycles. The molecule has 6 heteroatoms. The van der Waals surface area contributed by atoms with Crippen LogP contribution in [0.5, 0.6) is 11.5 Å². The van der Waals surface area contributed by atoms with Gasteiger partial charge in [0.05, 0.1) is 18.7 Å². The van der Waals surface area contributed by atoms with Crippen LogP contribution in [0.4, 0.5) is 0 Å². The van der Waals surface area contributed by atoms with Crippen LogP contribution in [-0.4, -0.2) is 41.5 Å². The van der Waals surface area contributed by atoms with Crippen LogP contribution in [0, 0.1) is 0 Å². The average molecular weight is 470 g/mol. The van der Waals surface area contributed by atoms with Gasteiger partial charge in [-0.2, -0.15) is 0 Å². The molecule has 1 N–H and O–H groups in total. The zero-order valence-electron chi connectivity index (χ0n) is 19.7. The molecule has 2 aliphatic heterocycles. The van der Waals surface area contributed by atoms with E-state index in [-0.39, 0.29) is 17.4 Å². The Morgan fingerprint density at radius 3 is 2.63 bits per heavy atom. The van der Waals surface area contributed by atoms with Crippen LogP contribution in [0.25, 0.3) is 5.76 Å². The lowest BCUT2D eigenvalue weighted by Gasteiger charge is -2.25. The summed E-state index contributed by atoms with van der Waals surface area (Å²) in [6.07, 6.45) is 1.37. The Kier molecular flexibility index (Phi) is 6.03. The molecule has 0 bridgehead atoms. The van der Waals surface area contributed by atoms with Crippen molar-refractivity contribution in [3.8, 4) is 11.5 Å². The van der Waals surface area contributed by atoms with Gasteiger partial charge in [-0.05, 0) is 60.4 Å². The summed E-state index contributed by atoms with van der Waals surface area (Å²) in [7, 11) is 1.57. The molecule has 0 radical (unpaired) electrons. The molecule has 0 spiro atoms. The number of nitrogens with zero attached hydrogens (tertiary/aromatic N) is 1. The highest BCUT2D eigenvalue weighted by molar-refractivity contribution is 6.46. The van der Waals surface area contributed by atoms with Crippen LogP contribution in [0.1, 0.15) is 35.2 Å². The Balaban J connectivity index is 1.58. The predicted molar refractivity (Wildman–Crippen MR) is 132 cm³/mol. The molecule has 3 aromatic rings. The number of ketones is 1. The lowest BCUT2D eigenvalue weighted by atomic mass is 9.94. The summed E-state index contributed by atoms with van der Waals surface area (Å²) < 4.78 is 11.2. The second-order valence-electron chi connectivity index (χ2n) is 8.96. The van der Waals surface area contributed by atoms with Gasteiger partial charge in [0.25, 0.3) is 11.7 Å². The highest BCUT2D eigenvalue weighted by atomic mass is 16.5. The minimum Gasteiger partial charge on any atom is -0.507 e. The number of carbonyl (C=O) groups excluding carboxylic acids is 2. The number of carbonyl (C=O) groups is 2. The normalized spacial score (nSPS) is 20.6. The van der Waals surface area contributed by atoms with Crippen molar-refractivity contribution >= 4 is 17.4 Å². The van der Waals surface area contributed by atoms with E-state index in [0.29, 0.717) is 29.8 Å². The Hall–Kier alpha value is -4.06. The number of fused-ring (bicyclic) bond motifs is 1. The lowest BCUT2D eigenvalue weighted by molar-refractivity contribution is -0.139. The minimum atomic E-state index is -0.725. The van der Waals surface area contributed by atoms with E-state index in [2.05, 4.69) is 0 Å². The first-order valence-electron chi connectivity index (χ1n) is 11.7. The molecule has 0 aromatic heterocycles. The number of rotatable bonds is 6. The number of aliphatic hydroxyl groups excluding tert-OH is 1.